The third-order valence-corrected chi connectivity index (χ3v) is 5.09. The van der Waals surface area contributed by atoms with Gasteiger partial charge in [-0.25, -0.2) is 9.37 Å². The molecular formula is C19H18Cl2FN3O2. The summed E-state index contributed by atoms with van der Waals surface area (Å²) in [6.07, 6.45) is 2.69. The molecule has 1 saturated heterocycles. The van der Waals surface area contributed by atoms with Gasteiger partial charge in [-0.2, -0.15) is 0 Å². The van der Waals surface area contributed by atoms with Gasteiger partial charge in [0.25, 0.3) is 0 Å². The van der Waals surface area contributed by atoms with Gasteiger partial charge in [-0.3, -0.25) is 9.59 Å². The van der Waals surface area contributed by atoms with Crippen molar-refractivity contribution in [2.24, 2.45) is 5.92 Å². The topological polar surface area (TPSA) is 62.3 Å². The fourth-order valence-electron chi connectivity index (χ4n) is 3.06. The first-order valence-electron chi connectivity index (χ1n) is 8.57. The van der Waals surface area contributed by atoms with Gasteiger partial charge in [-0.05, 0) is 37.1 Å². The maximum atomic E-state index is 13.9. The van der Waals surface area contributed by atoms with E-state index in [0.717, 1.165) is 0 Å². The number of halogens is 3. The molecular weight excluding hydrogens is 392 g/mol. The molecule has 3 rings (SSSR count). The number of pyridine rings is 1. The Kier molecular flexibility index (Phi) is 6.29. The zero-order valence-electron chi connectivity index (χ0n) is 14.4. The fourth-order valence-corrected chi connectivity index (χ4v) is 3.40. The van der Waals surface area contributed by atoms with Crippen LogP contribution in [-0.2, 0) is 16.0 Å². The molecule has 0 bridgehead atoms. The van der Waals surface area contributed by atoms with Gasteiger partial charge >= 0.3 is 0 Å². The highest BCUT2D eigenvalue weighted by Crippen LogP contribution is 2.23. The lowest BCUT2D eigenvalue weighted by Gasteiger charge is -2.32. The number of benzene rings is 1. The fraction of sp³-hybridized carbons (Fsp3) is 0.316. The summed E-state index contributed by atoms with van der Waals surface area (Å²) in [4.78, 5) is 30.7. The van der Waals surface area contributed by atoms with Gasteiger partial charge in [0, 0.05) is 29.9 Å². The van der Waals surface area contributed by atoms with Gasteiger partial charge < -0.3 is 10.2 Å². The second-order valence-corrected chi connectivity index (χ2v) is 7.25. The number of anilines is 1. The van der Waals surface area contributed by atoms with Crippen molar-refractivity contribution in [1.29, 1.82) is 0 Å². The van der Waals surface area contributed by atoms with Crippen molar-refractivity contribution in [3.8, 4) is 0 Å². The van der Waals surface area contributed by atoms with E-state index in [2.05, 4.69) is 10.3 Å². The lowest BCUT2D eigenvalue weighted by Crippen LogP contribution is -2.44. The molecule has 1 aromatic carbocycles. The Labute approximate surface area is 166 Å². The van der Waals surface area contributed by atoms with Crippen molar-refractivity contribution < 1.29 is 14.0 Å². The summed E-state index contributed by atoms with van der Waals surface area (Å²) < 4.78 is 13.9. The van der Waals surface area contributed by atoms with Crippen LogP contribution in [0, 0.1) is 11.7 Å². The molecule has 5 nitrogen and oxygen atoms in total. The molecule has 142 valence electrons. The third-order valence-electron chi connectivity index (χ3n) is 4.51. The summed E-state index contributed by atoms with van der Waals surface area (Å²) >= 11 is 11.8. The SMILES string of the molecule is O=C(Nc1ccc(Cl)cn1)C1CCCN(C(=O)Cc2c(F)cccc2Cl)C1. The molecule has 0 radical (unpaired) electrons. The van der Waals surface area contributed by atoms with E-state index >= 15 is 0 Å². The number of rotatable bonds is 4. The van der Waals surface area contributed by atoms with E-state index in [-0.39, 0.29) is 41.3 Å². The van der Waals surface area contributed by atoms with Gasteiger partial charge in [-0.15, -0.1) is 0 Å². The number of piperidine rings is 1. The van der Waals surface area contributed by atoms with Gasteiger partial charge in [0.05, 0.1) is 17.4 Å². The monoisotopic (exact) mass is 409 g/mol. The Bertz CT molecular complexity index is 825. The average Bonchev–Trinajstić information content (AvgIpc) is 2.66. The second kappa shape index (κ2) is 8.67. The Morgan fingerprint density at radius 2 is 2.07 bits per heavy atom. The molecule has 1 unspecified atom stereocenters. The number of carbonyl (C=O) groups is 2. The molecule has 0 spiro atoms. The van der Waals surface area contributed by atoms with Crippen LogP contribution in [0.3, 0.4) is 0 Å². The highest BCUT2D eigenvalue weighted by Gasteiger charge is 2.29. The first kappa shape index (κ1) is 19.6. The number of nitrogens with one attached hydrogen (secondary N) is 1. The molecule has 1 aliphatic rings. The third kappa shape index (κ3) is 4.96. The van der Waals surface area contributed by atoms with Gasteiger partial charge in [-0.1, -0.05) is 29.3 Å². The molecule has 2 amide bonds. The lowest BCUT2D eigenvalue weighted by molar-refractivity contribution is -0.134. The molecule has 0 saturated carbocycles. The molecule has 1 aromatic heterocycles. The smallest absolute Gasteiger partial charge is 0.230 e. The molecule has 1 aliphatic heterocycles. The minimum Gasteiger partial charge on any atom is -0.342 e. The van der Waals surface area contributed by atoms with Crippen molar-refractivity contribution in [1.82, 2.24) is 9.88 Å². The van der Waals surface area contributed by atoms with Crippen LogP contribution in [0.1, 0.15) is 18.4 Å². The van der Waals surface area contributed by atoms with Gasteiger partial charge in [0.1, 0.15) is 11.6 Å². The van der Waals surface area contributed by atoms with Crippen molar-refractivity contribution in [2.45, 2.75) is 19.3 Å². The molecule has 2 heterocycles. The maximum Gasteiger partial charge on any atom is 0.230 e. The summed E-state index contributed by atoms with van der Waals surface area (Å²) in [6, 6.07) is 7.59. The number of hydrogen-bond acceptors (Lipinski definition) is 3. The molecule has 8 heteroatoms. The first-order chi connectivity index (χ1) is 12.9. The molecule has 1 fully saturated rings. The van der Waals surface area contributed by atoms with E-state index in [9.17, 15) is 14.0 Å². The van der Waals surface area contributed by atoms with Crippen molar-refractivity contribution in [2.75, 3.05) is 18.4 Å². The minimum absolute atomic E-state index is 0.126. The summed E-state index contributed by atoms with van der Waals surface area (Å²) in [7, 11) is 0. The summed E-state index contributed by atoms with van der Waals surface area (Å²) in [5.74, 6) is -0.895. The average molecular weight is 410 g/mol. The molecule has 2 aromatic rings. The van der Waals surface area contributed by atoms with Crippen LogP contribution >= 0.6 is 23.2 Å². The Balaban J connectivity index is 1.62. The van der Waals surface area contributed by atoms with Gasteiger partial charge in [0.2, 0.25) is 11.8 Å². The summed E-state index contributed by atoms with van der Waals surface area (Å²) in [5, 5.41) is 3.44. The molecule has 27 heavy (non-hydrogen) atoms. The maximum absolute atomic E-state index is 13.9. The Morgan fingerprint density at radius 1 is 1.26 bits per heavy atom. The Hall–Kier alpha value is -2.18. The minimum atomic E-state index is -0.504. The van der Waals surface area contributed by atoms with Crippen molar-refractivity contribution >= 4 is 40.8 Å². The number of nitrogens with zero attached hydrogens (tertiary/aromatic N) is 2. The van der Waals surface area contributed by atoms with Crippen LogP contribution in [0.15, 0.2) is 36.5 Å². The number of hydrogen-bond donors (Lipinski definition) is 1. The van der Waals surface area contributed by atoms with Crippen LogP contribution in [-0.4, -0.2) is 34.8 Å². The van der Waals surface area contributed by atoms with Crippen LogP contribution < -0.4 is 5.32 Å². The van der Waals surface area contributed by atoms with Crippen LogP contribution in [0.4, 0.5) is 10.2 Å². The van der Waals surface area contributed by atoms with Crippen LogP contribution in [0.2, 0.25) is 10.0 Å². The van der Waals surface area contributed by atoms with E-state index < -0.39 is 5.82 Å². The molecule has 0 aliphatic carbocycles. The second-order valence-electron chi connectivity index (χ2n) is 6.41. The Morgan fingerprint density at radius 3 is 2.78 bits per heavy atom. The number of aromatic nitrogens is 1. The van der Waals surface area contributed by atoms with Crippen molar-refractivity contribution in [3.05, 3.63) is 58.0 Å². The van der Waals surface area contributed by atoms with E-state index in [4.69, 9.17) is 23.2 Å². The van der Waals surface area contributed by atoms with E-state index in [1.54, 1.807) is 23.1 Å². The van der Waals surface area contributed by atoms with E-state index in [0.29, 0.717) is 30.2 Å². The van der Waals surface area contributed by atoms with Gasteiger partial charge in [0.15, 0.2) is 0 Å². The highest BCUT2D eigenvalue weighted by molar-refractivity contribution is 6.31. The van der Waals surface area contributed by atoms with Crippen LogP contribution in [0.5, 0.6) is 0 Å². The van der Waals surface area contributed by atoms with E-state index in [1.807, 2.05) is 0 Å². The first-order valence-corrected chi connectivity index (χ1v) is 9.32. The molecule has 1 N–H and O–H groups in total. The van der Waals surface area contributed by atoms with Crippen LogP contribution in [0.25, 0.3) is 0 Å². The largest absolute Gasteiger partial charge is 0.342 e. The number of likely N-dealkylation sites (tertiary alicyclic amines) is 1. The van der Waals surface area contributed by atoms with E-state index in [1.165, 1.54) is 18.3 Å². The number of carbonyl (C=O) groups excluding carboxylic acids is 2. The van der Waals surface area contributed by atoms with Crippen molar-refractivity contribution in [3.63, 3.8) is 0 Å². The zero-order chi connectivity index (χ0) is 19.4. The lowest BCUT2D eigenvalue weighted by atomic mass is 9.96. The number of amides is 2. The summed E-state index contributed by atoms with van der Waals surface area (Å²) in [5.41, 5.74) is 0.182. The molecule has 1 atom stereocenters. The summed E-state index contributed by atoms with van der Waals surface area (Å²) in [6.45, 7) is 0.818. The predicted molar refractivity (Wildman–Crippen MR) is 102 cm³/mol. The highest BCUT2D eigenvalue weighted by atomic mass is 35.5. The predicted octanol–water partition coefficient (Wildman–Crippen LogP) is 3.95. The standard InChI is InChI=1S/C19H18Cl2FN3O2/c20-13-6-7-17(23-10-13)24-19(27)12-3-2-8-25(11-12)18(26)9-14-15(21)4-1-5-16(14)22/h1,4-7,10,12H,2-3,8-9,11H2,(H,23,24,27). The quantitative estimate of drug-likeness (QED) is 0.831. The zero-order valence-corrected chi connectivity index (χ0v) is 15.9. The normalized spacial score (nSPS) is 16.9.